The van der Waals surface area contributed by atoms with Crippen LogP contribution in [-0.4, -0.2) is 39.8 Å². The number of anilines is 1. The third-order valence-electron chi connectivity index (χ3n) is 4.38. The predicted octanol–water partition coefficient (Wildman–Crippen LogP) is 2.94. The number of hydrogen-bond acceptors (Lipinski definition) is 4. The van der Waals surface area contributed by atoms with Crippen molar-refractivity contribution in [3.8, 4) is 0 Å². The van der Waals surface area contributed by atoms with Crippen LogP contribution in [0.1, 0.15) is 28.8 Å². The van der Waals surface area contributed by atoms with E-state index in [1.54, 1.807) is 29.4 Å². The molecule has 1 atom stereocenters. The molecule has 1 fully saturated rings. The number of carbonyl (C=O) groups is 2. The third kappa shape index (κ3) is 3.93. The van der Waals surface area contributed by atoms with Crippen molar-refractivity contribution >= 4 is 29.9 Å². The molecule has 7 heteroatoms. The van der Waals surface area contributed by atoms with Gasteiger partial charge in [-0.3, -0.25) is 9.59 Å². The number of carbonyl (C=O) groups excluding carboxylic acids is 2. The monoisotopic (exact) mass is 356 g/mol. The van der Waals surface area contributed by atoms with Crippen LogP contribution in [0, 0.1) is 17.5 Å². The van der Waals surface area contributed by atoms with Crippen molar-refractivity contribution in [3.63, 3.8) is 0 Å². The molecule has 2 amide bonds. The van der Waals surface area contributed by atoms with Crippen LogP contribution in [0.5, 0.6) is 0 Å². The lowest BCUT2D eigenvalue weighted by atomic mass is 9.96. The summed E-state index contributed by atoms with van der Waals surface area (Å²) in [6.45, 7) is 2.92. The van der Waals surface area contributed by atoms with Crippen molar-refractivity contribution in [2.75, 3.05) is 18.4 Å². The second kappa shape index (κ2) is 7.57. The fourth-order valence-electron chi connectivity index (χ4n) is 2.97. The molecule has 1 aliphatic heterocycles. The number of nitrogens with zero attached hydrogens (tertiary/aromatic N) is 2. The lowest BCUT2D eigenvalue weighted by Gasteiger charge is -2.32. The van der Waals surface area contributed by atoms with Gasteiger partial charge in [-0.1, -0.05) is 18.3 Å². The van der Waals surface area contributed by atoms with Gasteiger partial charge in [0, 0.05) is 25.5 Å². The van der Waals surface area contributed by atoms with E-state index in [1.165, 1.54) is 0 Å². The van der Waals surface area contributed by atoms with Crippen LogP contribution in [0.3, 0.4) is 0 Å². The number of aromatic nitrogens is 2. The van der Waals surface area contributed by atoms with Gasteiger partial charge in [-0.05, 0) is 43.5 Å². The third-order valence-corrected chi connectivity index (χ3v) is 4.72. The van der Waals surface area contributed by atoms with Crippen molar-refractivity contribution in [3.05, 3.63) is 52.4 Å². The molecule has 0 unspecified atom stereocenters. The molecule has 130 valence electrons. The van der Waals surface area contributed by atoms with Gasteiger partial charge in [-0.25, -0.2) is 4.98 Å². The Hall–Kier alpha value is -2.54. The molecular formula is C18H20N4O2S. The van der Waals surface area contributed by atoms with Gasteiger partial charge >= 0.3 is 0 Å². The van der Waals surface area contributed by atoms with Crippen molar-refractivity contribution in [2.45, 2.75) is 19.8 Å². The topological polar surface area (TPSA) is 78.1 Å². The van der Waals surface area contributed by atoms with Crippen LogP contribution < -0.4 is 5.32 Å². The molecule has 2 aromatic heterocycles. The summed E-state index contributed by atoms with van der Waals surface area (Å²) < 4.78 is 0.420. The standard InChI is InChI=1S/C18H20N4O2S/c1-12-5-2-8-19-15(12)21-16(23)13-6-4-10-22(11-13)18(24)14-7-3-9-20-17(14)25/h2-3,5,7-9,13H,4,6,10-11H2,1H3,(H,20,25)(H,19,21,23)/t13-/m0/s1. The lowest BCUT2D eigenvalue weighted by Crippen LogP contribution is -2.44. The molecule has 25 heavy (non-hydrogen) atoms. The molecule has 3 rings (SSSR count). The summed E-state index contributed by atoms with van der Waals surface area (Å²) >= 11 is 5.19. The summed E-state index contributed by atoms with van der Waals surface area (Å²) in [7, 11) is 0. The summed E-state index contributed by atoms with van der Waals surface area (Å²) in [6, 6.07) is 7.19. The zero-order valence-corrected chi connectivity index (χ0v) is 14.8. The molecule has 3 heterocycles. The highest BCUT2D eigenvalue weighted by atomic mass is 32.1. The maximum absolute atomic E-state index is 12.7. The van der Waals surface area contributed by atoms with Crippen LogP contribution in [0.25, 0.3) is 0 Å². The van der Waals surface area contributed by atoms with E-state index in [2.05, 4.69) is 15.3 Å². The number of amides is 2. The molecule has 2 aromatic rings. The van der Waals surface area contributed by atoms with Gasteiger partial charge in [0.05, 0.1) is 11.5 Å². The van der Waals surface area contributed by atoms with E-state index in [0.29, 0.717) is 29.1 Å². The fraction of sp³-hybridized carbons (Fsp3) is 0.333. The van der Waals surface area contributed by atoms with E-state index in [1.807, 2.05) is 19.1 Å². The Labute approximate surface area is 151 Å². The first-order chi connectivity index (χ1) is 12.1. The van der Waals surface area contributed by atoms with Crippen LogP contribution in [-0.2, 0) is 4.79 Å². The average Bonchev–Trinajstić information content (AvgIpc) is 2.63. The molecule has 0 spiro atoms. The molecule has 0 aromatic carbocycles. The SMILES string of the molecule is Cc1cccnc1NC(=O)[C@H]1CCCN(C(=O)c2ccc[nH]c2=S)C1. The molecule has 0 radical (unpaired) electrons. The summed E-state index contributed by atoms with van der Waals surface area (Å²) in [6.07, 6.45) is 4.88. The molecule has 0 bridgehead atoms. The number of hydrogen-bond donors (Lipinski definition) is 2. The summed E-state index contributed by atoms with van der Waals surface area (Å²) in [5, 5.41) is 2.88. The van der Waals surface area contributed by atoms with E-state index in [-0.39, 0.29) is 17.7 Å². The number of piperidine rings is 1. The smallest absolute Gasteiger partial charge is 0.256 e. The van der Waals surface area contributed by atoms with E-state index in [4.69, 9.17) is 12.2 Å². The first-order valence-electron chi connectivity index (χ1n) is 8.25. The Morgan fingerprint density at radius 3 is 2.96 bits per heavy atom. The molecule has 1 aliphatic rings. The number of rotatable bonds is 3. The molecule has 2 N–H and O–H groups in total. The zero-order valence-electron chi connectivity index (χ0n) is 14.0. The van der Waals surface area contributed by atoms with Gasteiger partial charge < -0.3 is 15.2 Å². The number of aromatic amines is 1. The first-order valence-corrected chi connectivity index (χ1v) is 8.66. The van der Waals surface area contributed by atoms with Crippen LogP contribution >= 0.6 is 12.2 Å². The van der Waals surface area contributed by atoms with Crippen molar-refractivity contribution in [1.82, 2.24) is 14.9 Å². The van der Waals surface area contributed by atoms with Gasteiger partial charge in [0.15, 0.2) is 0 Å². The second-order valence-corrected chi connectivity index (χ2v) is 6.57. The van der Waals surface area contributed by atoms with Gasteiger partial charge in [0.1, 0.15) is 10.5 Å². The Morgan fingerprint density at radius 1 is 1.36 bits per heavy atom. The van der Waals surface area contributed by atoms with Gasteiger partial charge in [-0.2, -0.15) is 0 Å². The quantitative estimate of drug-likeness (QED) is 0.829. The zero-order chi connectivity index (χ0) is 17.8. The predicted molar refractivity (Wildman–Crippen MR) is 97.9 cm³/mol. The number of H-pyrrole nitrogens is 1. The minimum absolute atomic E-state index is 0.0995. The summed E-state index contributed by atoms with van der Waals surface area (Å²) in [5.74, 6) is 0.0905. The highest BCUT2D eigenvalue weighted by Crippen LogP contribution is 2.21. The van der Waals surface area contributed by atoms with E-state index >= 15 is 0 Å². The van der Waals surface area contributed by atoms with Crippen molar-refractivity contribution in [2.24, 2.45) is 5.92 Å². The number of pyridine rings is 2. The Balaban J connectivity index is 1.70. The fourth-order valence-corrected chi connectivity index (χ4v) is 3.19. The Morgan fingerprint density at radius 2 is 2.20 bits per heavy atom. The lowest BCUT2D eigenvalue weighted by molar-refractivity contribution is -0.121. The Kier molecular flexibility index (Phi) is 5.23. The number of aryl methyl sites for hydroxylation is 1. The van der Waals surface area contributed by atoms with Crippen molar-refractivity contribution < 1.29 is 9.59 Å². The van der Waals surface area contributed by atoms with Crippen LogP contribution in [0.15, 0.2) is 36.7 Å². The minimum atomic E-state index is -0.250. The minimum Gasteiger partial charge on any atom is -0.352 e. The molecule has 0 aliphatic carbocycles. The van der Waals surface area contributed by atoms with E-state index in [0.717, 1.165) is 18.4 Å². The van der Waals surface area contributed by atoms with Crippen LogP contribution in [0.4, 0.5) is 5.82 Å². The Bertz CT molecular complexity index is 849. The first kappa shape index (κ1) is 17.3. The second-order valence-electron chi connectivity index (χ2n) is 6.16. The molecule has 1 saturated heterocycles. The molecular weight excluding hydrogens is 336 g/mol. The van der Waals surface area contributed by atoms with Gasteiger partial charge in [0.2, 0.25) is 5.91 Å². The number of nitrogens with one attached hydrogen (secondary N) is 2. The van der Waals surface area contributed by atoms with E-state index in [9.17, 15) is 9.59 Å². The maximum atomic E-state index is 12.7. The highest BCUT2D eigenvalue weighted by Gasteiger charge is 2.29. The summed E-state index contributed by atoms with van der Waals surface area (Å²) in [5.41, 5.74) is 1.38. The average molecular weight is 356 g/mol. The largest absolute Gasteiger partial charge is 0.352 e. The van der Waals surface area contributed by atoms with Crippen molar-refractivity contribution in [1.29, 1.82) is 0 Å². The maximum Gasteiger partial charge on any atom is 0.256 e. The van der Waals surface area contributed by atoms with Crippen LogP contribution in [0.2, 0.25) is 0 Å². The summed E-state index contributed by atoms with van der Waals surface area (Å²) in [4.78, 5) is 34.0. The van der Waals surface area contributed by atoms with E-state index < -0.39 is 0 Å². The highest BCUT2D eigenvalue weighted by molar-refractivity contribution is 7.71. The normalized spacial score (nSPS) is 17.2. The molecule has 6 nitrogen and oxygen atoms in total. The van der Waals surface area contributed by atoms with Gasteiger partial charge in [0.25, 0.3) is 5.91 Å². The van der Waals surface area contributed by atoms with Gasteiger partial charge in [-0.15, -0.1) is 0 Å². The number of likely N-dealkylation sites (tertiary alicyclic amines) is 1. The molecule has 0 saturated carbocycles.